The number of urea groups is 1. The molecule has 1 fully saturated rings. The van der Waals surface area contributed by atoms with Crippen molar-refractivity contribution in [3.8, 4) is 0 Å². The first-order chi connectivity index (χ1) is 13.5. The van der Waals surface area contributed by atoms with Gasteiger partial charge in [-0.2, -0.15) is 0 Å². The molecule has 1 saturated heterocycles. The summed E-state index contributed by atoms with van der Waals surface area (Å²) in [6.07, 6.45) is 4.71. The molecule has 0 bridgehead atoms. The lowest BCUT2D eigenvalue weighted by molar-refractivity contribution is -0.153. The van der Waals surface area contributed by atoms with Gasteiger partial charge in [0.05, 0.1) is 0 Å². The highest BCUT2D eigenvalue weighted by atomic mass is 16.5. The van der Waals surface area contributed by atoms with E-state index in [4.69, 9.17) is 9.15 Å². The molecule has 28 heavy (non-hydrogen) atoms. The first-order valence-corrected chi connectivity index (χ1v) is 9.49. The number of ether oxygens (including phenoxy) is 1. The zero-order valence-electron chi connectivity index (χ0n) is 16.1. The van der Waals surface area contributed by atoms with E-state index >= 15 is 0 Å². The molecule has 0 saturated carbocycles. The fraction of sp³-hybridized carbons (Fsp3) is 0.381. The molecule has 1 aromatic carbocycles. The van der Waals surface area contributed by atoms with Crippen molar-refractivity contribution in [2.75, 3.05) is 13.1 Å². The largest absolute Gasteiger partial charge is 0.460 e. The molecule has 0 radical (unpaired) electrons. The maximum absolute atomic E-state index is 12.2. The molecule has 7 nitrogen and oxygen atoms in total. The molecule has 1 aliphatic heterocycles. The molecule has 1 aliphatic rings. The molecule has 2 heterocycles. The Morgan fingerprint density at radius 2 is 2.14 bits per heavy atom. The van der Waals surface area contributed by atoms with Gasteiger partial charge in [-0.3, -0.25) is 9.69 Å². The standard InChI is InChI=1S/C21H24N2O5/c1-3-4-8-17-16(15-7-5-6-9-18(15)28-17)10-11-19(24)27-14(2)20(25)23-13-12-22-21(23)26/h5-7,9-11,14H,3-4,8,12-13H2,1-2H3,(H,22,26)/b11-10+/t14-/m1/s1. The minimum absolute atomic E-state index is 0.275. The van der Waals surface area contributed by atoms with Crippen LogP contribution in [-0.4, -0.2) is 42.0 Å². The summed E-state index contributed by atoms with van der Waals surface area (Å²) >= 11 is 0. The highest BCUT2D eigenvalue weighted by Crippen LogP contribution is 2.28. The van der Waals surface area contributed by atoms with Gasteiger partial charge >= 0.3 is 12.0 Å². The van der Waals surface area contributed by atoms with Crippen LogP contribution in [-0.2, 0) is 20.7 Å². The van der Waals surface area contributed by atoms with Crippen LogP contribution in [0.3, 0.4) is 0 Å². The van der Waals surface area contributed by atoms with Gasteiger partial charge in [-0.1, -0.05) is 31.5 Å². The number of imide groups is 1. The normalized spacial score (nSPS) is 15.2. The van der Waals surface area contributed by atoms with Gasteiger partial charge in [-0.25, -0.2) is 9.59 Å². The number of rotatable bonds is 7. The van der Waals surface area contributed by atoms with Crippen LogP contribution in [0.15, 0.2) is 34.8 Å². The number of hydrogen-bond acceptors (Lipinski definition) is 5. The second kappa shape index (κ2) is 8.73. The SMILES string of the molecule is CCCCc1oc2ccccc2c1/C=C/C(=O)O[C@H](C)C(=O)N1CCNC1=O. The van der Waals surface area contributed by atoms with Crippen LogP contribution in [0.4, 0.5) is 4.79 Å². The van der Waals surface area contributed by atoms with Crippen molar-refractivity contribution >= 4 is 35.0 Å². The monoisotopic (exact) mass is 384 g/mol. The zero-order valence-corrected chi connectivity index (χ0v) is 16.1. The third-order valence-corrected chi connectivity index (χ3v) is 4.62. The molecule has 0 spiro atoms. The van der Waals surface area contributed by atoms with Crippen molar-refractivity contribution < 1.29 is 23.5 Å². The van der Waals surface area contributed by atoms with E-state index in [2.05, 4.69) is 12.2 Å². The molecule has 1 N–H and O–H groups in total. The number of carbonyl (C=O) groups excluding carboxylic acids is 3. The third kappa shape index (κ3) is 4.24. The summed E-state index contributed by atoms with van der Waals surface area (Å²) in [6, 6.07) is 7.19. The summed E-state index contributed by atoms with van der Waals surface area (Å²) in [5, 5.41) is 3.47. The number of esters is 1. The van der Waals surface area contributed by atoms with E-state index in [0.717, 1.165) is 46.5 Å². The van der Waals surface area contributed by atoms with Crippen molar-refractivity contribution in [1.82, 2.24) is 10.2 Å². The van der Waals surface area contributed by atoms with Gasteiger partial charge in [0.25, 0.3) is 5.91 Å². The van der Waals surface area contributed by atoms with E-state index in [9.17, 15) is 14.4 Å². The lowest BCUT2D eigenvalue weighted by Gasteiger charge is -2.17. The van der Waals surface area contributed by atoms with Gasteiger partial charge in [0.1, 0.15) is 11.3 Å². The van der Waals surface area contributed by atoms with Gasteiger partial charge in [0.15, 0.2) is 6.10 Å². The van der Waals surface area contributed by atoms with E-state index in [0.29, 0.717) is 6.54 Å². The summed E-state index contributed by atoms with van der Waals surface area (Å²) in [6.45, 7) is 4.24. The van der Waals surface area contributed by atoms with Crippen molar-refractivity contribution in [3.05, 3.63) is 41.7 Å². The molecule has 1 aromatic heterocycles. The Labute approximate surface area is 163 Å². The molecule has 0 aliphatic carbocycles. The minimum atomic E-state index is -1.04. The molecule has 1 atom stereocenters. The van der Waals surface area contributed by atoms with E-state index in [1.807, 2.05) is 24.3 Å². The number of nitrogens with one attached hydrogen (secondary N) is 1. The summed E-state index contributed by atoms with van der Waals surface area (Å²) < 4.78 is 11.1. The van der Waals surface area contributed by atoms with Crippen molar-refractivity contribution in [2.45, 2.75) is 39.2 Å². The van der Waals surface area contributed by atoms with E-state index in [1.165, 1.54) is 13.0 Å². The molecule has 3 rings (SSSR count). The van der Waals surface area contributed by atoms with Gasteiger partial charge < -0.3 is 14.5 Å². The molecular formula is C21H24N2O5. The first-order valence-electron chi connectivity index (χ1n) is 9.49. The highest BCUT2D eigenvalue weighted by Gasteiger charge is 2.31. The summed E-state index contributed by atoms with van der Waals surface area (Å²) in [7, 11) is 0. The fourth-order valence-electron chi connectivity index (χ4n) is 3.14. The fourth-order valence-corrected chi connectivity index (χ4v) is 3.14. The number of amides is 3. The molecule has 148 valence electrons. The zero-order chi connectivity index (χ0) is 20.1. The maximum Gasteiger partial charge on any atom is 0.331 e. The number of benzene rings is 1. The number of fused-ring (bicyclic) bond motifs is 1. The first kappa shape index (κ1) is 19.7. The van der Waals surface area contributed by atoms with E-state index in [1.54, 1.807) is 6.08 Å². The quantitative estimate of drug-likeness (QED) is 0.585. The Bertz CT molecular complexity index is 915. The van der Waals surface area contributed by atoms with E-state index in [-0.39, 0.29) is 6.54 Å². The van der Waals surface area contributed by atoms with Gasteiger partial charge in [-0.05, 0) is 25.5 Å². The molecule has 7 heteroatoms. The van der Waals surface area contributed by atoms with Crippen molar-refractivity contribution in [3.63, 3.8) is 0 Å². The number of unbranched alkanes of at least 4 members (excludes halogenated alkanes) is 1. The van der Waals surface area contributed by atoms with Crippen LogP contribution in [0.25, 0.3) is 17.0 Å². The summed E-state index contributed by atoms with van der Waals surface area (Å²) in [4.78, 5) is 37.0. The van der Waals surface area contributed by atoms with Gasteiger partial charge in [0.2, 0.25) is 0 Å². The number of furan rings is 1. The molecule has 0 unspecified atom stereocenters. The number of nitrogens with zero attached hydrogens (tertiary/aromatic N) is 1. The minimum Gasteiger partial charge on any atom is -0.460 e. The molecular weight excluding hydrogens is 360 g/mol. The summed E-state index contributed by atoms with van der Waals surface area (Å²) in [5.41, 5.74) is 1.61. The smallest absolute Gasteiger partial charge is 0.331 e. The predicted molar refractivity (Wildman–Crippen MR) is 105 cm³/mol. The predicted octanol–water partition coefficient (Wildman–Crippen LogP) is 3.27. The second-order valence-electron chi connectivity index (χ2n) is 6.67. The van der Waals surface area contributed by atoms with Crippen LogP contribution >= 0.6 is 0 Å². The van der Waals surface area contributed by atoms with Gasteiger partial charge in [-0.15, -0.1) is 0 Å². The number of hydrogen-bond donors (Lipinski definition) is 1. The average molecular weight is 384 g/mol. The lowest BCUT2D eigenvalue weighted by atomic mass is 10.1. The van der Waals surface area contributed by atoms with Gasteiger partial charge in [0, 0.05) is 36.5 Å². The van der Waals surface area contributed by atoms with Crippen LogP contribution in [0.5, 0.6) is 0 Å². The number of carbonyl (C=O) groups is 3. The van der Waals surface area contributed by atoms with Crippen molar-refractivity contribution in [1.29, 1.82) is 0 Å². The van der Waals surface area contributed by atoms with Crippen LogP contribution in [0, 0.1) is 0 Å². The van der Waals surface area contributed by atoms with Crippen LogP contribution in [0.2, 0.25) is 0 Å². The third-order valence-electron chi connectivity index (χ3n) is 4.62. The van der Waals surface area contributed by atoms with Crippen molar-refractivity contribution in [2.24, 2.45) is 0 Å². The van der Waals surface area contributed by atoms with Crippen LogP contribution < -0.4 is 5.32 Å². The average Bonchev–Trinajstić information content (AvgIpc) is 3.27. The Morgan fingerprint density at radius 1 is 1.36 bits per heavy atom. The molecule has 3 amide bonds. The van der Waals surface area contributed by atoms with Crippen LogP contribution in [0.1, 0.15) is 38.0 Å². The highest BCUT2D eigenvalue weighted by molar-refractivity contribution is 5.99. The maximum atomic E-state index is 12.2. The Kier molecular flexibility index (Phi) is 6.13. The summed E-state index contributed by atoms with van der Waals surface area (Å²) in [5.74, 6) is -0.355. The Morgan fingerprint density at radius 3 is 2.86 bits per heavy atom. The number of aryl methyl sites for hydroxylation is 1. The second-order valence-corrected chi connectivity index (χ2v) is 6.67. The lowest BCUT2D eigenvalue weighted by Crippen LogP contribution is -2.41. The Hall–Kier alpha value is -3.09. The molecule has 2 aromatic rings. The van der Waals surface area contributed by atoms with E-state index < -0.39 is 24.0 Å². The topological polar surface area (TPSA) is 88.8 Å². The Balaban J connectivity index is 1.71. The number of para-hydroxylation sites is 1.